The topological polar surface area (TPSA) is 87.1 Å². The Hall–Kier alpha value is -3.61. The molecule has 2 aromatic carbocycles. The van der Waals surface area contributed by atoms with E-state index in [9.17, 15) is 19.1 Å². The molecule has 2 heterocycles. The molecule has 0 radical (unpaired) electrons. The van der Waals surface area contributed by atoms with Gasteiger partial charge in [0.15, 0.2) is 0 Å². The van der Waals surface area contributed by atoms with E-state index in [0.717, 1.165) is 21.9 Å². The molecule has 1 atom stereocenters. The number of carbonyl (C=O) groups excluding carboxylic acids is 1. The molecule has 0 aliphatic heterocycles. The molecule has 0 fully saturated rings. The summed E-state index contributed by atoms with van der Waals surface area (Å²) in [4.78, 5) is 27.2. The van der Waals surface area contributed by atoms with Crippen LogP contribution in [0.4, 0.5) is 4.39 Å². The molecule has 3 N–H and O–H groups in total. The van der Waals surface area contributed by atoms with E-state index >= 15 is 0 Å². The molecule has 0 aliphatic carbocycles. The van der Waals surface area contributed by atoms with Gasteiger partial charge in [-0.1, -0.05) is 18.2 Å². The van der Waals surface area contributed by atoms with Crippen molar-refractivity contribution in [1.29, 1.82) is 0 Å². The van der Waals surface area contributed by atoms with Crippen molar-refractivity contribution in [1.82, 2.24) is 14.9 Å². The Balaban J connectivity index is 1.42. The summed E-state index contributed by atoms with van der Waals surface area (Å²) in [5, 5.41) is 14.0. The van der Waals surface area contributed by atoms with E-state index in [1.807, 2.05) is 30.3 Å². The number of halogens is 1. The van der Waals surface area contributed by atoms with Crippen LogP contribution in [-0.4, -0.2) is 32.6 Å². The van der Waals surface area contributed by atoms with E-state index in [1.54, 1.807) is 23.0 Å². The highest BCUT2D eigenvalue weighted by Gasteiger charge is 2.21. The van der Waals surface area contributed by atoms with Crippen LogP contribution < -0.4 is 5.32 Å². The Kier molecular flexibility index (Phi) is 5.03. The number of nitrogens with zero attached hydrogens (tertiary/aromatic N) is 1. The van der Waals surface area contributed by atoms with Crippen LogP contribution in [0.2, 0.25) is 0 Å². The molecule has 4 rings (SSSR count). The van der Waals surface area contributed by atoms with Gasteiger partial charge in [-0.3, -0.25) is 4.79 Å². The Labute approximate surface area is 166 Å². The molecule has 148 valence electrons. The molecule has 0 spiro atoms. The van der Waals surface area contributed by atoms with Crippen molar-refractivity contribution in [2.24, 2.45) is 0 Å². The molecule has 0 unspecified atom stereocenters. The zero-order chi connectivity index (χ0) is 20.4. The molecular formula is C22H20FN3O3. The molecule has 0 saturated heterocycles. The zero-order valence-electron chi connectivity index (χ0n) is 15.6. The second-order valence-electron chi connectivity index (χ2n) is 6.98. The number of nitrogens with one attached hydrogen (secondary N) is 2. The fraction of sp³-hybridized carbons (Fsp3) is 0.182. The number of rotatable bonds is 7. The number of hydrogen-bond donors (Lipinski definition) is 3. The van der Waals surface area contributed by atoms with Crippen molar-refractivity contribution in [2.75, 3.05) is 0 Å². The lowest BCUT2D eigenvalue weighted by molar-refractivity contribution is -0.141. The number of carbonyl (C=O) groups is 2. The Morgan fingerprint density at radius 1 is 1.17 bits per heavy atom. The normalized spacial score (nSPS) is 12.3. The number of fused-ring (bicyclic) bond motifs is 2. The van der Waals surface area contributed by atoms with E-state index in [-0.39, 0.29) is 24.6 Å². The number of aromatic amines is 1. The summed E-state index contributed by atoms with van der Waals surface area (Å²) in [5.74, 6) is -1.79. The SMILES string of the molecule is O=C(CCn1ccc2ccc(F)cc21)N[C@@H](Cc1c[nH]c2ccccc12)C(=O)O. The van der Waals surface area contributed by atoms with Gasteiger partial charge < -0.3 is 20.0 Å². The predicted octanol–water partition coefficient (Wildman–Crippen LogP) is 3.46. The molecule has 7 heteroatoms. The highest BCUT2D eigenvalue weighted by molar-refractivity contribution is 5.87. The van der Waals surface area contributed by atoms with Gasteiger partial charge in [-0.2, -0.15) is 0 Å². The number of aryl methyl sites for hydroxylation is 1. The summed E-state index contributed by atoms with van der Waals surface area (Å²) in [5.41, 5.74) is 2.45. The minimum atomic E-state index is -1.09. The first-order chi connectivity index (χ1) is 14.0. The van der Waals surface area contributed by atoms with Crippen molar-refractivity contribution in [3.63, 3.8) is 0 Å². The van der Waals surface area contributed by atoms with Crippen LogP contribution in [0.5, 0.6) is 0 Å². The van der Waals surface area contributed by atoms with Crippen molar-refractivity contribution >= 4 is 33.7 Å². The smallest absolute Gasteiger partial charge is 0.326 e. The number of aliphatic carboxylic acids is 1. The van der Waals surface area contributed by atoms with Crippen LogP contribution in [0.25, 0.3) is 21.8 Å². The Bertz CT molecular complexity index is 1190. The van der Waals surface area contributed by atoms with Crippen molar-refractivity contribution < 1.29 is 19.1 Å². The van der Waals surface area contributed by atoms with E-state index in [2.05, 4.69) is 10.3 Å². The van der Waals surface area contributed by atoms with Gasteiger partial charge in [-0.25, -0.2) is 9.18 Å². The van der Waals surface area contributed by atoms with Crippen molar-refractivity contribution in [3.05, 3.63) is 72.3 Å². The molecular weight excluding hydrogens is 373 g/mol. The first kappa shape index (κ1) is 18.7. The average Bonchev–Trinajstić information content (AvgIpc) is 3.29. The lowest BCUT2D eigenvalue weighted by Gasteiger charge is -2.15. The summed E-state index contributed by atoms with van der Waals surface area (Å²) < 4.78 is 15.3. The molecule has 2 aromatic heterocycles. The lowest BCUT2D eigenvalue weighted by Crippen LogP contribution is -2.42. The number of H-pyrrole nitrogens is 1. The molecule has 0 aliphatic rings. The zero-order valence-corrected chi connectivity index (χ0v) is 15.6. The molecule has 29 heavy (non-hydrogen) atoms. The largest absolute Gasteiger partial charge is 0.480 e. The highest BCUT2D eigenvalue weighted by atomic mass is 19.1. The fourth-order valence-corrected chi connectivity index (χ4v) is 3.56. The monoisotopic (exact) mass is 393 g/mol. The fourth-order valence-electron chi connectivity index (χ4n) is 3.56. The molecule has 6 nitrogen and oxygen atoms in total. The number of aromatic nitrogens is 2. The second-order valence-corrected chi connectivity index (χ2v) is 6.98. The first-order valence-corrected chi connectivity index (χ1v) is 9.33. The summed E-state index contributed by atoms with van der Waals surface area (Å²) in [6.07, 6.45) is 3.84. The standard InChI is InChI=1S/C22H20FN3O3/c23-16-6-5-14-7-9-26(20(14)12-16)10-8-21(27)25-19(22(28)29)11-15-13-24-18-4-2-1-3-17(15)18/h1-7,9,12-13,19,24H,8,10-11H2,(H,25,27)(H,28,29)/t19-/m0/s1. The predicted molar refractivity (Wildman–Crippen MR) is 108 cm³/mol. The number of benzene rings is 2. The van der Waals surface area contributed by atoms with Crippen LogP contribution in [-0.2, 0) is 22.6 Å². The summed E-state index contributed by atoms with van der Waals surface area (Å²) in [6, 6.07) is 12.9. The number of carboxylic acids is 1. The quantitative estimate of drug-likeness (QED) is 0.449. The van der Waals surface area contributed by atoms with Gasteiger partial charge in [0.1, 0.15) is 11.9 Å². The van der Waals surface area contributed by atoms with Gasteiger partial charge in [0.05, 0.1) is 5.52 Å². The third-order valence-electron chi connectivity index (χ3n) is 5.05. The van der Waals surface area contributed by atoms with Gasteiger partial charge >= 0.3 is 5.97 Å². The average molecular weight is 393 g/mol. The lowest BCUT2D eigenvalue weighted by atomic mass is 10.0. The van der Waals surface area contributed by atoms with Gasteiger partial charge in [0.2, 0.25) is 5.91 Å². The summed E-state index contributed by atoms with van der Waals surface area (Å²) >= 11 is 0. The maximum absolute atomic E-state index is 13.5. The van der Waals surface area contributed by atoms with E-state index in [4.69, 9.17) is 0 Å². The van der Waals surface area contributed by atoms with E-state index in [1.165, 1.54) is 12.1 Å². The maximum atomic E-state index is 13.5. The summed E-state index contributed by atoms with van der Waals surface area (Å²) in [6.45, 7) is 0.332. The third-order valence-corrected chi connectivity index (χ3v) is 5.05. The molecule has 0 bridgehead atoms. The van der Waals surface area contributed by atoms with Crippen LogP contribution in [0.3, 0.4) is 0 Å². The maximum Gasteiger partial charge on any atom is 0.326 e. The molecule has 0 saturated carbocycles. The number of amides is 1. The number of para-hydroxylation sites is 1. The molecule has 1 amide bonds. The second kappa shape index (κ2) is 7.79. The van der Waals surface area contributed by atoms with Gasteiger partial charge in [0.25, 0.3) is 0 Å². The van der Waals surface area contributed by atoms with Gasteiger partial charge in [-0.05, 0) is 41.3 Å². The van der Waals surface area contributed by atoms with Gasteiger partial charge in [0, 0.05) is 42.7 Å². The highest BCUT2D eigenvalue weighted by Crippen LogP contribution is 2.20. The summed E-state index contributed by atoms with van der Waals surface area (Å²) in [7, 11) is 0. The van der Waals surface area contributed by atoms with Gasteiger partial charge in [-0.15, -0.1) is 0 Å². The third kappa shape index (κ3) is 3.99. The first-order valence-electron chi connectivity index (χ1n) is 9.33. The van der Waals surface area contributed by atoms with Crippen LogP contribution in [0.1, 0.15) is 12.0 Å². The number of hydrogen-bond acceptors (Lipinski definition) is 2. The van der Waals surface area contributed by atoms with Crippen LogP contribution in [0.15, 0.2) is 60.9 Å². The van der Waals surface area contributed by atoms with Crippen LogP contribution >= 0.6 is 0 Å². The Morgan fingerprint density at radius 3 is 2.83 bits per heavy atom. The number of carboxylic acid groups (broad SMARTS) is 1. The van der Waals surface area contributed by atoms with Crippen molar-refractivity contribution in [2.45, 2.75) is 25.4 Å². The van der Waals surface area contributed by atoms with Crippen molar-refractivity contribution in [3.8, 4) is 0 Å². The molecule has 4 aromatic rings. The van der Waals surface area contributed by atoms with E-state index in [0.29, 0.717) is 12.1 Å². The van der Waals surface area contributed by atoms with E-state index < -0.39 is 12.0 Å². The minimum absolute atomic E-state index is 0.0952. The van der Waals surface area contributed by atoms with Crippen LogP contribution in [0, 0.1) is 5.82 Å². The minimum Gasteiger partial charge on any atom is -0.480 e. The Morgan fingerprint density at radius 2 is 2.00 bits per heavy atom.